The number of rotatable bonds is 5. The largest absolute Gasteiger partial charge is 0.339 e. The van der Waals surface area contributed by atoms with Crippen LogP contribution in [0.3, 0.4) is 0 Å². The quantitative estimate of drug-likeness (QED) is 0.877. The van der Waals surface area contributed by atoms with Gasteiger partial charge in [-0.15, -0.1) is 0 Å². The van der Waals surface area contributed by atoms with Gasteiger partial charge in [0.25, 0.3) is 5.91 Å². The van der Waals surface area contributed by atoms with Crippen molar-refractivity contribution in [2.24, 2.45) is 0 Å². The van der Waals surface area contributed by atoms with Crippen LogP contribution in [0, 0.1) is 0 Å². The van der Waals surface area contributed by atoms with E-state index in [9.17, 15) is 9.59 Å². The lowest BCUT2D eigenvalue weighted by atomic mass is 10.1. The summed E-state index contributed by atoms with van der Waals surface area (Å²) in [6.07, 6.45) is 4.54. The van der Waals surface area contributed by atoms with E-state index in [1.807, 2.05) is 36.9 Å². The number of likely N-dealkylation sites (tertiary alicyclic amines) is 1. The third-order valence-electron chi connectivity index (χ3n) is 3.96. The average Bonchev–Trinajstić information content (AvgIpc) is 2.81. The maximum Gasteiger partial charge on any atom is 0.253 e. The summed E-state index contributed by atoms with van der Waals surface area (Å²) in [7, 11) is 0. The summed E-state index contributed by atoms with van der Waals surface area (Å²) in [6, 6.07) is 7.47. The molecule has 0 atom stereocenters. The van der Waals surface area contributed by atoms with Crippen molar-refractivity contribution in [1.29, 1.82) is 0 Å². The molecular formula is C18H27N3O2. The molecule has 0 radical (unpaired) electrons. The first kappa shape index (κ1) is 17.5. The average molecular weight is 317 g/mol. The Morgan fingerprint density at radius 1 is 1.13 bits per heavy atom. The smallest absolute Gasteiger partial charge is 0.253 e. The van der Waals surface area contributed by atoms with Crippen molar-refractivity contribution >= 4 is 17.5 Å². The van der Waals surface area contributed by atoms with Crippen LogP contribution in [-0.2, 0) is 4.79 Å². The van der Waals surface area contributed by atoms with Gasteiger partial charge in [0.2, 0.25) is 5.91 Å². The van der Waals surface area contributed by atoms with E-state index >= 15 is 0 Å². The first-order chi connectivity index (χ1) is 11.1. The molecule has 126 valence electrons. The summed E-state index contributed by atoms with van der Waals surface area (Å²) in [6.45, 7) is 5.91. The van der Waals surface area contributed by atoms with E-state index in [0.717, 1.165) is 25.9 Å². The van der Waals surface area contributed by atoms with Crippen molar-refractivity contribution in [2.45, 2.75) is 45.6 Å². The normalized spacial score (nSPS) is 15.3. The van der Waals surface area contributed by atoms with Gasteiger partial charge in [-0.05, 0) is 31.0 Å². The van der Waals surface area contributed by atoms with E-state index in [0.29, 0.717) is 11.3 Å². The minimum atomic E-state index is -0.0990. The molecule has 0 spiro atoms. The second kappa shape index (κ2) is 8.67. The van der Waals surface area contributed by atoms with Gasteiger partial charge >= 0.3 is 0 Å². The van der Waals surface area contributed by atoms with Gasteiger partial charge in [0.05, 0.1) is 6.54 Å². The lowest BCUT2D eigenvalue weighted by Gasteiger charge is -2.20. The first-order valence-electron chi connectivity index (χ1n) is 8.49. The molecule has 1 fully saturated rings. The Balaban J connectivity index is 1.98. The van der Waals surface area contributed by atoms with Crippen LogP contribution >= 0.6 is 0 Å². The van der Waals surface area contributed by atoms with Crippen LogP contribution in [0.25, 0.3) is 0 Å². The maximum atomic E-state index is 12.6. The Morgan fingerprint density at radius 3 is 2.48 bits per heavy atom. The molecule has 1 aromatic rings. The van der Waals surface area contributed by atoms with Crippen molar-refractivity contribution in [3.63, 3.8) is 0 Å². The summed E-state index contributed by atoms with van der Waals surface area (Å²) >= 11 is 0. The molecule has 1 aliphatic heterocycles. The summed E-state index contributed by atoms with van der Waals surface area (Å²) in [5.41, 5.74) is 1.31. The highest BCUT2D eigenvalue weighted by Gasteiger charge is 2.17. The zero-order valence-corrected chi connectivity index (χ0v) is 14.1. The number of carbonyl (C=O) groups is 2. The van der Waals surface area contributed by atoms with E-state index < -0.39 is 0 Å². The minimum absolute atomic E-state index is 0.0586. The van der Waals surface area contributed by atoms with Gasteiger partial charge in [-0.3, -0.25) is 9.59 Å². The zero-order valence-electron chi connectivity index (χ0n) is 14.1. The number of amides is 2. The summed E-state index contributed by atoms with van der Waals surface area (Å²) in [4.78, 5) is 26.4. The van der Waals surface area contributed by atoms with Crippen LogP contribution in [-0.4, -0.2) is 42.4 Å². The van der Waals surface area contributed by atoms with Crippen molar-refractivity contribution in [3.05, 3.63) is 29.8 Å². The predicted octanol–water partition coefficient (Wildman–Crippen LogP) is 2.64. The van der Waals surface area contributed by atoms with Gasteiger partial charge in [-0.2, -0.15) is 0 Å². The number of nitrogens with zero attached hydrogens (tertiary/aromatic N) is 1. The molecule has 0 aliphatic carbocycles. The van der Waals surface area contributed by atoms with Gasteiger partial charge in [-0.25, -0.2) is 0 Å². The molecule has 2 N–H and O–H groups in total. The van der Waals surface area contributed by atoms with E-state index in [1.54, 1.807) is 6.07 Å². The SMILES string of the molecule is CC(C)NCC(=O)Nc1cccc(C(=O)N2CCCCCC2)c1. The van der Waals surface area contributed by atoms with Crippen molar-refractivity contribution in [1.82, 2.24) is 10.2 Å². The molecular weight excluding hydrogens is 290 g/mol. The monoisotopic (exact) mass is 317 g/mol. The van der Waals surface area contributed by atoms with Crippen LogP contribution in [0.5, 0.6) is 0 Å². The fraction of sp³-hybridized carbons (Fsp3) is 0.556. The van der Waals surface area contributed by atoms with Crippen LogP contribution in [0.4, 0.5) is 5.69 Å². The molecule has 0 saturated carbocycles. The summed E-state index contributed by atoms with van der Waals surface area (Å²) in [5, 5.41) is 5.91. The Kier molecular flexibility index (Phi) is 6.59. The Bertz CT molecular complexity index is 535. The van der Waals surface area contributed by atoms with Gasteiger partial charge in [-0.1, -0.05) is 32.8 Å². The highest BCUT2D eigenvalue weighted by Crippen LogP contribution is 2.16. The molecule has 1 aromatic carbocycles. The molecule has 0 unspecified atom stereocenters. The van der Waals surface area contributed by atoms with Crippen LogP contribution < -0.4 is 10.6 Å². The number of nitrogens with one attached hydrogen (secondary N) is 2. The van der Waals surface area contributed by atoms with Gasteiger partial charge in [0.1, 0.15) is 0 Å². The summed E-state index contributed by atoms with van der Waals surface area (Å²) in [5.74, 6) is -0.0404. The molecule has 2 rings (SSSR count). The highest BCUT2D eigenvalue weighted by atomic mass is 16.2. The third-order valence-corrected chi connectivity index (χ3v) is 3.96. The number of anilines is 1. The maximum absolute atomic E-state index is 12.6. The molecule has 1 aliphatic rings. The number of hydrogen-bond donors (Lipinski definition) is 2. The Morgan fingerprint density at radius 2 is 1.83 bits per heavy atom. The zero-order chi connectivity index (χ0) is 16.7. The van der Waals surface area contributed by atoms with Gasteiger partial charge < -0.3 is 15.5 Å². The molecule has 1 saturated heterocycles. The Hall–Kier alpha value is -1.88. The predicted molar refractivity (Wildman–Crippen MR) is 92.6 cm³/mol. The minimum Gasteiger partial charge on any atom is -0.339 e. The van der Waals surface area contributed by atoms with Crippen LogP contribution in [0.15, 0.2) is 24.3 Å². The molecule has 0 bridgehead atoms. The highest BCUT2D eigenvalue weighted by molar-refractivity contribution is 5.97. The number of benzene rings is 1. The molecule has 5 nitrogen and oxygen atoms in total. The molecule has 23 heavy (non-hydrogen) atoms. The molecule has 0 aromatic heterocycles. The first-order valence-corrected chi connectivity index (χ1v) is 8.49. The molecule has 1 heterocycles. The topological polar surface area (TPSA) is 61.4 Å². The number of carbonyl (C=O) groups excluding carboxylic acids is 2. The van der Waals surface area contributed by atoms with Crippen LogP contribution in [0.1, 0.15) is 49.9 Å². The van der Waals surface area contributed by atoms with E-state index in [1.165, 1.54) is 12.8 Å². The second-order valence-corrected chi connectivity index (χ2v) is 6.37. The molecule has 5 heteroatoms. The molecule has 2 amide bonds. The van der Waals surface area contributed by atoms with E-state index in [-0.39, 0.29) is 24.4 Å². The number of hydrogen-bond acceptors (Lipinski definition) is 3. The summed E-state index contributed by atoms with van der Waals surface area (Å²) < 4.78 is 0. The lowest BCUT2D eigenvalue weighted by molar-refractivity contribution is -0.115. The van der Waals surface area contributed by atoms with E-state index in [2.05, 4.69) is 10.6 Å². The lowest BCUT2D eigenvalue weighted by Crippen LogP contribution is -2.33. The fourth-order valence-electron chi connectivity index (χ4n) is 2.69. The Labute approximate surface area is 138 Å². The van der Waals surface area contributed by atoms with Gasteiger partial charge in [0.15, 0.2) is 0 Å². The standard InChI is InChI=1S/C18H27N3O2/c1-14(2)19-13-17(22)20-16-9-7-8-15(12-16)18(23)21-10-5-3-4-6-11-21/h7-9,12,14,19H,3-6,10-11,13H2,1-2H3,(H,20,22). The fourth-order valence-corrected chi connectivity index (χ4v) is 2.69. The van der Waals surface area contributed by atoms with Crippen LogP contribution in [0.2, 0.25) is 0 Å². The van der Waals surface area contributed by atoms with Crippen molar-refractivity contribution in [2.75, 3.05) is 25.0 Å². The van der Waals surface area contributed by atoms with Crippen molar-refractivity contribution in [3.8, 4) is 0 Å². The van der Waals surface area contributed by atoms with Gasteiger partial charge in [0, 0.05) is 30.4 Å². The third kappa shape index (κ3) is 5.67. The second-order valence-electron chi connectivity index (χ2n) is 6.37. The van der Waals surface area contributed by atoms with E-state index in [4.69, 9.17) is 0 Å². The van der Waals surface area contributed by atoms with Crippen molar-refractivity contribution < 1.29 is 9.59 Å².